The van der Waals surface area contributed by atoms with Crippen LogP contribution in [-0.4, -0.2) is 48.1 Å². The average molecular weight is 502 g/mol. The molecule has 35 heavy (non-hydrogen) atoms. The van der Waals surface area contributed by atoms with Crippen molar-refractivity contribution >= 4 is 11.6 Å². The van der Waals surface area contributed by atoms with E-state index in [9.17, 15) is 36.6 Å². The van der Waals surface area contributed by atoms with Gasteiger partial charge in [0.2, 0.25) is 5.88 Å². The molecule has 10 nitrogen and oxygen atoms in total. The summed E-state index contributed by atoms with van der Waals surface area (Å²) in [5.74, 6) is -5.45. The molecule has 0 unspecified atom stereocenters. The van der Waals surface area contributed by atoms with E-state index in [1.807, 2.05) is 0 Å². The summed E-state index contributed by atoms with van der Waals surface area (Å²) in [6.45, 7) is 0.659. The van der Waals surface area contributed by atoms with Gasteiger partial charge in [-0.05, 0) is 25.0 Å². The molecule has 0 atom stereocenters. The van der Waals surface area contributed by atoms with E-state index in [0.29, 0.717) is 10.7 Å². The third-order valence-electron chi connectivity index (χ3n) is 4.73. The van der Waals surface area contributed by atoms with Crippen molar-refractivity contribution in [1.82, 2.24) is 24.3 Å². The molecule has 0 saturated carbocycles. The molecule has 0 saturated heterocycles. The second kappa shape index (κ2) is 10.2. The lowest BCUT2D eigenvalue weighted by Crippen LogP contribution is -2.27. The van der Waals surface area contributed by atoms with E-state index in [4.69, 9.17) is 0 Å². The van der Waals surface area contributed by atoms with Gasteiger partial charge in [0.1, 0.15) is 12.2 Å². The van der Waals surface area contributed by atoms with Crippen molar-refractivity contribution in [2.75, 3.05) is 11.9 Å². The number of carbonyl (C=O) groups is 1. The predicted octanol–water partition coefficient (Wildman–Crippen LogP) is 2.37. The Balaban J connectivity index is 2.12. The number of aliphatic hydroxyl groups excluding tert-OH is 1. The number of nitrogens with zero attached hydrogens (tertiary/aromatic N) is 5. The molecule has 0 radical (unpaired) electrons. The summed E-state index contributed by atoms with van der Waals surface area (Å²) < 4.78 is 73.6. The number of amides is 1. The highest BCUT2D eigenvalue weighted by atomic mass is 19.4. The van der Waals surface area contributed by atoms with Crippen LogP contribution >= 0.6 is 0 Å². The van der Waals surface area contributed by atoms with Gasteiger partial charge in [0.05, 0.1) is 11.9 Å². The Hall–Kier alpha value is -3.88. The maximum Gasteiger partial charge on any atom is 0.422 e. The van der Waals surface area contributed by atoms with Gasteiger partial charge >= 0.3 is 11.9 Å². The number of aromatic nitrogens is 5. The molecule has 0 spiro atoms. The van der Waals surface area contributed by atoms with E-state index in [0.717, 1.165) is 10.8 Å². The van der Waals surface area contributed by atoms with E-state index in [2.05, 4.69) is 25.1 Å². The summed E-state index contributed by atoms with van der Waals surface area (Å²) in [5.41, 5.74) is -1.76. The minimum atomic E-state index is -4.85. The SMILES string of the molecule is CCc1cncc(F)c1NC(=O)c1cc(F)c(-n2nc(CO)n(CC)c2=O)nc1OCC(F)(F)F. The van der Waals surface area contributed by atoms with E-state index >= 15 is 0 Å². The number of carbonyl (C=O) groups excluding carboxylic acids is 1. The number of aryl methyl sites for hydroxylation is 1. The maximum atomic E-state index is 15.0. The lowest BCUT2D eigenvalue weighted by molar-refractivity contribution is -0.154. The summed E-state index contributed by atoms with van der Waals surface area (Å²) in [6, 6.07) is 0.490. The lowest BCUT2D eigenvalue weighted by Gasteiger charge is -2.15. The zero-order valence-corrected chi connectivity index (χ0v) is 18.4. The highest BCUT2D eigenvalue weighted by molar-refractivity contribution is 6.06. The Morgan fingerprint density at radius 2 is 1.91 bits per heavy atom. The van der Waals surface area contributed by atoms with Crippen molar-refractivity contribution in [3.63, 3.8) is 0 Å². The number of nitrogens with one attached hydrogen (secondary N) is 1. The number of hydrogen-bond acceptors (Lipinski definition) is 7. The van der Waals surface area contributed by atoms with Gasteiger partial charge in [0.15, 0.2) is 29.9 Å². The van der Waals surface area contributed by atoms with Crippen molar-refractivity contribution in [3.8, 4) is 11.7 Å². The van der Waals surface area contributed by atoms with Crippen molar-refractivity contribution in [2.45, 2.75) is 39.6 Å². The smallest absolute Gasteiger partial charge is 0.422 e. The number of hydrogen-bond donors (Lipinski definition) is 2. The van der Waals surface area contributed by atoms with Crippen molar-refractivity contribution in [3.05, 3.63) is 57.5 Å². The third kappa shape index (κ3) is 5.45. The van der Waals surface area contributed by atoms with Crippen molar-refractivity contribution in [1.29, 1.82) is 0 Å². The number of aliphatic hydroxyl groups is 1. The molecule has 3 aromatic heterocycles. The van der Waals surface area contributed by atoms with Crippen LogP contribution in [-0.2, 0) is 19.6 Å². The quantitative estimate of drug-likeness (QED) is 0.453. The summed E-state index contributed by atoms with van der Waals surface area (Å²) in [6.07, 6.45) is -2.51. The standard InChI is InChI=1S/C20H19F5N6O4/c1-3-10-6-26-7-13(22)15(10)27-17(33)11-5-12(21)16(28-18(11)35-9-20(23,24)25)31-19(34)30(4-2)14(8-32)29-31/h5-7,32H,3-4,8-9H2,1-2H3,(H,26,27,33). The molecular formula is C20H19F5N6O4. The van der Waals surface area contributed by atoms with Crippen LogP contribution in [0, 0.1) is 11.6 Å². The van der Waals surface area contributed by atoms with Crippen LogP contribution in [0.25, 0.3) is 5.82 Å². The normalized spacial score (nSPS) is 11.5. The van der Waals surface area contributed by atoms with E-state index < -0.39 is 59.9 Å². The number of pyridine rings is 2. The Kier molecular flexibility index (Phi) is 7.48. The fourth-order valence-electron chi connectivity index (χ4n) is 3.11. The van der Waals surface area contributed by atoms with E-state index in [1.54, 1.807) is 13.8 Å². The van der Waals surface area contributed by atoms with Gasteiger partial charge < -0.3 is 15.2 Å². The second-order valence-electron chi connectivity index (χ2n) is 7.03. The maximum absolute atomic E-state index is 15.0. The van der Waals surface area contributed by atoms with Crippen LogP contribution in [0.5, 0.6) is 5.88 Å². The molecule has 1 amide bonds. The van der Waals surface area contributed by atoms with Crippen LogP contribution in [0.1, 0.15) is 35.6 Å². The van der Waals surface area contributed by atoms with Gasteiger partial charge in [-0.25, -0.2) is 13.6 Å². The highest BCUT2D eigenvalue weighted by Gasteiger charge is 2.31. The molecule has 0 aliphatic carbocycles. The van der Waals surface area contributed by atoms with Gasteiger partial charge in [-0.2, -0.15) is 22.8 Å². The minimum absolute atomic E-state index is 0.0471. The van der Waals surface area contributed by atoms with Crippen LogP contribution in [0.4, 0.5) is 27.6 Å². The number of alkyl halides is 3. The molecule has 0 bridgehead atoms. The Bertz CT molecular complexity index is 1300. The van der Waals surface area contributed by atoms with Crippen LogP contribution in [0.15, 0.2) is 23.3 Å². The molecule has 0 aliphatic heterocycles. The summed E-state index contributed by atoms with van der Waals surface area (Å²) in [5, 5.41) is 15.3. The first-order valence-corrected chi connectivity index (χ1v) is 10.1. The first-order chi connectivity index (χ1) is 16.5. The second-order valence-corrected chi connectivity index (χ2v) is 7.03. The van der Waals surface area contributed by atoms with Crippen LogP contribution in [0.3, 0.4) is 0 Å². The molecule has 188 valence electrons. The largest absolute Gasteiger partial charge is 0.467 e. The Morgan fingerprint density at radius 3 is 2.49 bits per heavy atom. The van der Waals surface area contributed by atoms with Crippen molar-refractivity contribution < 1.29 is 36.6 Å². The van der Waals surface area contributed by atoms with Crippen LogP contribution in [0.2, 0.25) is 0 Å². The van der Waals surface area contributed by atoms with Gasteiger partial charge in [-0.15, -0.1) is 5.10 Å². The first-order valence-electron chi connectivity index (χ1n) is 10.1. The summed E-state index contributed by atoms with van der Waals surface area (Å²) in [7, 11) is 0. The number of halogens is 5. The lowest BCUT2D eigenvalue weighted by atomic mass is 10.1. The van der Waals surface area contributed by atoms with E-state index in [-0.39, 0.29) is 30.0 Å². The van der Waals surface area contributed by atoms with Gasteiger partial charge in [-0.3, -0.25) is 14.3 Å². The minimum Gasteiger partial charge on any atom is -0.467 e. The highest BCUT2D eigenvalue weighted by Crippen LogP contribution is 2.26. The van der Waals surface area contributed by atoms with E-state index in [1.165, 1.54) is 6.20 Å². The molecule has 3 heterocycles. The molecule has 0 aliphatic rings. The van der Waals surface area contributed by atoms with Crippen LogP contribution < -0.4 is 15.7 Å². The summed E-state index contributed by atoms with van der Waals surface area (Å²) in [4.78, 5) is 32.6. The zero-order valence-electron chi connectivity index (χ0n) is 18.4. The molecule has 3 aromatic rings. The molecule has 0 aromatic carbocycles. The first kappa shape index (κ1) is 25.7. The Labute approximate surface area is 194 Å². The average Bonchev–Trinajstić information content (AvgIpc) is 3.13. The predicted molar refractivity (Wildman–Crippen MR) is 110 cm³/mol. The molecular weight excluding hydrogens is 483 g/mol. The fourth-order valence-corrected chi connectivity index (χ4v) is 3.11. The third-order valence-corrected chi connectivity index (χ3v) is 4.73. The monoisotopic (exact) mass is 502 g/mol. The zero-order chi connectivity index (χ0) is 25.9. The van der Waals surface area contributed by atoms with Gasteiger partial charge in [0, 0.05) is 12.7 Å². The number of anilines is 1. The molecule has 0 fully saturated rings. The fraction of sp³-hybridized carbons (Fsp3) is 0.350. The number of ether oxygens (including phenoxy) is 1. The number of rotatable bonds is 8. The topological polar surface area (TPSA) is 124 Å². The van der Waals surface area contributed by atoms with Gasteiger partial charge in [-0.1, -0.05) is 6.92 Å². The Morgan fingerprint density at radius 1 is 1.20 bits per heavy atom. The summed E-state index contributed by atoms with van der Waals surface area (Å²) >= 11 is 0. The molecule has 2 N–H and O–H groups in total. The molecule has 15 heteroatoms. The molecule has 3 rings (SSSR count). The van der Waals surface area contributed by atoms with Gasteiger partial charge in [0.25, 0.3) is 5.91 Å². The van der Waals surface area contributed by atoms with Crippen molar-refractivity contribution in [2.24, 2.45) is 0 Å².